The smallest absolute Gasteiger partial charge is 0.290 e. The normalized spacial score (nSPS) is 17.1. The Morgan fingerprint density at radius 1 is 1.04 bits per heavy atom. The Labute approximate surface area is 156 Å². The van der Waals surface area contributed by atoms with Crippen molar-refractivity contribution in [3.63, 3.8) is 0 Å². The fourth-order valence-corrected chi connectivity index (χ4v) is 3.07. The number of aromatic hydroxyl groups is 1. The molecule has 1 atom stereocenters. The zero-order chi connectivity index (χ0) is 19.4. The van der Waals surface area contributed by atoms with Gasteiger partial charge in [-0.05, 0) is 29.3 Å². The van der Waals surface area contributed by atoms with E-state index in [4.69, 9.17) is 0 Å². The highest BCUT2D eigenvalue weighted by atomic mass is 16.3. The molecule has 2 aromatic carbocycles. The van der Waals surface area contributed by atoms with E-state index >= 15 is 0 Å². The number of hydrogen-bond donors (Lipinski definition) is 3. The van der Waals surface area contributed by atoms with Gasteiger partial charge in [0.05, 0.1) is 18.2 Å². The highest BCUT2D eigenvalue weighted by Crippen LogP contribution is 2.38. The predicted molar refractivity (Wildman–Crippen MR) is 99.8 cm³/mol. The number of aliphatic hydroxyl groups excluding tert-OH is 2. The van der Waals surface area contributed by atoms with Crippen LogP contribution in [0.15, 0.2) is 72.0 Å². The van der Waals surface area contributed by atoms with Gasteiger partial charge in [0.1, 0.15) is 5.75 Å². The summed E-state index contributed by atoms with van der Waals surface area (Å²) in [7, 11) is 0. The molecule has 1 aliphatic rings. The van der Waals surface area contributed by atoms with Crippen LogP contribution in [0.1, 0.15) is 17.2 Å². The predicted octanol–water partition coefficient (Wildman–Crippen LogP) is 2.36. The molecule has 0 aliphatic carbocycles. The minimum Gasteiger partial charge on any atom is -0.508 e. The van der Waals surface area contributed by atoms with Gasteiger partial charge in [-0.3, -0.25) is 9.59 Å². The Bertz CT molecular complexity index is 900. The number of benzene rings is 2. The summed E-state index contributed by atoms with van der Waals surface area (Å²) in [5, 5.41) is 29.1. The highest BCUT2D eigenvalue weighted by Gasteiger charge is 2.42. The number of β-amino-alcohol motifs (C(OH)–C–C–N with tert-alkyl or cyclic N) is 1. The third-order valence-electron chi connectivity index (χ3n) is 4.35. The molecule has 2 aromatic rings. The van der Waals surface area contributed by atoms with Crippen LogP contribution in [0.2, 0.25) is 0 Å². The molecular formula is C21H19NO5. The van der Waals surface area contributed by atoms with E-state index in [0.717, 1.165) is 5.56 Å². The number of hydrogen-bond acceptors (Lipinski definition) is 5. The molecule has 1 aliphatic heterocycles. The fourth-order valence-electron chi connectivity index (χ4n) is 3.07. The van der Waals surface area contributed by atoms with Crippen LogP contribution in [0.5, 0.6) is 5.75 Å². The molecule has 0 bridgehead atoms. The van der Waals surface area contributed by atoms with Gasteiger partial charge >= 0.3 is 0 Å². The van der Waals surface area contributed by atoms with Gasteiger partial charge in [-0.1, -0.05) is 48.5 Å². The van der Waals surface area contributed by atoms with Crippen LogP contribution in [0, 0.1) is 0 Å². The summed E-state index contributed by atoms with van der Waals surface area (Å²) in [6.45, 7) is -0.345. The van der Waals surface area contributed by atoms with E-state index in [2.05, 4.69) is 0 Å². The van der Waals surface area contributed by atoms with E-state index < -0.39 is 23.5 Å². The first-order chi connectivity index (χ1) is 13.0. The van der Waals surface area contributed by atoms with Crippen molar-refractivity contribution in [1.29, 1.82) is 0 Å². The van der Waals surface area contributed by atoms with Crippen LogP contribution in [0.4, 0.5) is 0 Å². The molecule has 0 spiro atoms. The summed E-state index contributed by atoms with van der Waals surface area (Å²) in [5.74, 6) is -1.78. The van der Waals surface area contributed by atoms with Crippen LogP contribution >= 0.6 is 0 Å². The summed E-state index contributed by atoms with van der Waals surface area (Å²) in [5.41, 5.74) is 1.31. The van der Waals surface area contributed by atoms with Crippen LogP contribution in [0.25, 0.3) is 6.08 Å². The van der Waals surface area contributed by atoms with Crippen molar-refractivity contribution in [3.05, 3.63) is 83.1 Å². The number of aliphatic hydroxyl groups is 2. The maximum Gasteiger partial charge on any atom is 0.290 e. The Hall–Kier alpha value is -3.38. The number of allylic oxidation sites excluding steroid dienone is 1. The lowest BCUT2D eigenvalue weighted by Gasteiger charge is -2.25. The van der Waals surface area contributed by atoms with E-state index in [0.29, 0.717) is 5.56 Å². The van der Waals surface area contributed by atoms with Crippen molar-refractivity contribution in [1.82, 2.24) is 4.90 Å². The van der Waals surface area contributed by atoms with E-state index in [-0.39, 0.29) is 24.5 Å². The molecule has 3 rings (SSSR count). The molecule has 27 heavy (non-hydrogen) atoms. The fraction of sp³-hybridized carbons (Fsp3) is 0.143. The van der Waals surface area contributed by atoms with E-state index in [1.54, 1.807) is 18.2 Å². The molecule has 0 fully saturated rings. The zero-order valence-corrected chi connectivity index (χ0v) is 14.4. The number of amides is 1. The zero-order valence-electron chi connectivity index (χ0n) is 14.4. The number of carbonyl (C=O) groups excluding carboxylic acids is 2. The van der Waals surface area contributed by atoms with E-state index in [9.17, 15) is 24.9 Å². The van der Waals surface area contributed by atoms with Crippen molar-refractivity contribution in [2.75, 3.05) is 13.2 Å². The van der Waals surface area contributed by atoms with Gasteiger partial charge in [-0.25, -0.2) is 0 Å². The monoisotopic (exact) mass is 365 g/mol. The molecular weight excluding hydrogens is 346 g/mol. The summed E-state index contributed by atoms with van der Waals surface area (Å²) in [6, 6.07) is 14.4. The lowest BCUT2D eigenvalue weighted by atomic mass is 9.95. The van der Waals surface area contributed by atoms with Crippen LogP contribution < -0.4 is 0 Å². The molecule has 1 heterocycles. The minimum atomic E-state index is -0.835. The van der Waals surface area contributed by atoms with Crippen LogP contribution in [0.3, 0.4) is 0 Å². The molecule has 6 nitrogen and oxygen atoms in total. The molecule has 0 radical (unpaired) electrons. The highest BCUT2D eigenvalue weighted by molar-refractivity contribution is 6.14. The molecule has 6 heteroatoms. The number of phenols is 1. The lowest BCUT2D eigenvalue weighted by Crippen LogP contribution is -2.33. The van der Waals surface area contributed by atoms with Gasteiger partial charge < -0.3 is 20.2 Å². The molecule has 0 saturated carbocycles. The Morgan fingerprint density at radius 2 is 1.70 bits per heavy atom. The average molecular weight is 365 g/mol. The maximum absolute atomic E-state index is 12.8. The molecule has 3 N–H and O–H groups in total. The summed E-state index contributed by atoms with van der Waals surface area (Å²) >= 11 is 0. The number of phenolic OH excluding ortho intramolecular Hbond substituents is 1. The third-order valence-corrected chi connectivity index (χ3v) is 4.35. The SMILES string of the molecule is O=C(/C=C/c1ccccc1)C1=C(O)C(=O)N(CCO)C1c1ccc(O)cc1. The Kier molecular flexibility index (Phi) is 5.38. The molecule has 0 aromatic heterocycles. The summed E-state index contributed by atoms with van der Waals surface area (Å²) in [4.78, 5) is 26.4. The Morgan fingerprint density at radius 3 is 2.33 bits per heavy atom. The van der Waals surface area contributed by atoms with Crippen LogP contribution in [-0.4, -0.2) is 45.1 Å². The first kappa shape index (κ1) is 18.4. The van der Waals surface area contributed by atoms with E-state index in [1.165, 1.54) is 23.1 Å². The van der Waals surface area contributed by atoms with Crippen molar-refractivity contribution in [3.8, 4) is 5.75 Å². The molecule has 0 saturated heterocycles. The van der Waals surface area contributed by atoms with Gasteiger partial charge in [0.15, 0.2) is 11.5 Å². The van der Waals surface area contributed by atoms with Gasteiger partial charge in [-0.15, -0.1) is 0 Å². The second-order valence-corrected chi connectivity index (χ2v) is 6.09. The van der Waals surface area contributed by atoms with Crippen molar-refractivity contribution >= 4 is 17.8 Å². The van der Waals surface area contributed by atoms with Crippen molar-refractivity contribution in [2.45, 2.75) is 6.04 Å². The molecule has 1 unspecified atom stereocenters. The van der Waals surface area contributed by atoms with Crippen LogP contribution in [-0.2, 0) is 9.59 Å². The van der Waals surface area contributed by atoms with Gasteiger partial charge in [-0.2, -0.15) is 0 Å². The first-order valence-corrected chi connectivity index (χ1v) is 8.44. The maximum atomic E-state index is 12.8. The largest absolute Gasteiger partial charge is 0.508 e. The Balaban J connectivity index is 1.98. The van der Waals surface area contributed by atoms with Gasteiger partial charge in [0, 0.05) is 6.54 Å². The second-order valence-electron chi connectivity index (χ2n) is 6.09. The number of carbonyl (C=O) groups is 2. The average Bonchev–Trinajstić information content (AvgIpc) is 2.93. The summed E-state index contributed by atoms with van der Waals surface area (Å²) in [6.07, 6.45) is 2.92. The quantitative estimate of drug-likeness (QED) is 0.683. The number of rotatable bonds is 6. The number of nitrogens with zero attached hydrogens (tertiary/aromatic N) is 1. The second kappa shape index (κ2) is 7.88. The van der Waals surface area contributed by atoms with Gasteiger partial charge in [0.2, 0.25) is 0 Å². The standard InChI is InChI=1S/C21H19NO5/c23-13-12-22-19(15-7-9-16(24)10-8-15)18(20(26)21(22)27)17(25)11-6-14-4-2-1-3-5-14/h1-11,19,23-24,26H,12-13H2/b11-6+. The number of ketones is 1. The molecule has 1 amide bonds. The van der Waals surface area contributed by atoms with Gasteiger partial charge in [0.25, 0.3) is 5.91 Å². The third kappa shape index (κ3) is 3.75. The molecule has 138 valence electrons. The van der Waals surface area contributed by atoms with Crippen molar-refractivity contribution in [2.24, 2.45) is 0 Å². The topological polar surface area (TPSA) is 98.1 Å². The van der Waals surface area contributed by atoms with Crippen molar-refractivity contribution < 1.29 is 24.9 Å². The first-order valence-electron chi connectivity index (χ1n) is 8.44. The van der Waals surface area contributed by atoms with E-state index in [1.807, 2.05) is 30.3 Å². The minimum absolute atomic E-state index is 0.0341. The lowest BCUT2D eigenvalue weighted by molar-refractivity contribution is -0.129. The summed E-state index contributed by atoms with van der Waals surface area (Å²) < 4.78 is 0.